The minimum atomic E-state index is -2.90. The first kappa shape index (κ1) is 16.4. The summed E-state index contributed by atoms with van der Waals surface area (Å²) in [5, 5.41) is 4.21. The largest absolute Gasteiger partial charge is 0.435 e. The molecule has 24 heavy (non-hydrogen) atoms. The Morgan fingerprint density at radius 2 is 2.08 bits per heavy atom. The molecule has 1 amide bonds. The van der Waals surface area contributed by atoms with Crippen LogP contribution in [0.1, 0.15) is 23.2 Å². The van der Waals surface area contributed by atoms with Crippen molar-refractivity contribution in [3.8, 4) is 5.75 Å². The molecule has 7 heteroatoms. The first-order valence-corrected chi connectivity index (χ1v) is 7.93. The van der Waals surface area contributed by atoms with Gasteiger partial charge in [-0.2, -0.15) is 13.9 Å². The number of amides is 1. The molecule has 0 atom stereocenters. The number of rotatable bonds is 5. The standard InChI is InChI=1S/C17H19F2N3O2/c18-17(19)24-15-4-1-3-14(11-15)16(23)21-9-5-13(6-10-21)12-22-8-2-7-20-22/h1-4,7-8,11,13,17H,5-6,9-10,12H2. The highest BCUT2D eigenvalue weighted by Crippen LogP contribution is 2.22. The number of likely N-dealkylation sites (tertiary alicyclic amines) is 1. The van der Waals surface area contributed by atoms with E-state index < -0.39 is 6.61 Å². The molecule has 0 spiro atoms. The SMILES string of the molecule is O=C(c1cccc(OC(F)F)c1)N1CCC(Cn2cccn2)CC1. The van der Waals surface area contributed by atoms with Crippen LogP contribution < -0.4 is 4.74 Å². The number of hydrogen-bond donors (Lipinski definition) is 0. The summed E-state index contributed by atoms with van der Waals surface area (Å²) in [7, 11) is 0. The number of halogens is 2. The highest BCUT2D eigenvalue weighted by molar-refractivity contribution is 5.94. The van der Waals surface area contributed by atoms with Crippen molar-refractivity contribution in [3.05, 3.63) is 48.3 Å². The monoisotopic (exact) mass is 335 g/mol. The lowest BCUT2D eigenvalue weighted by Crippen LogP contribution is -2.39. The van der Waals surface area contributed by atoms with Gasteiger partial charge in [-0.15, -0.1) is 0 Å². The first-order chi connectivity index (χ1) is 11.6. The molecule has 1 aliphatic rings. The molecule has 0 saturated carbocycles. The maximum atomic E-state index is 12.5. The van der Waals surface area contributed by atoms with Gasteiger partial charge in [-0.3, -0.25) is 9.48 Å². The molecule has 128 valence electrons. The Hall–Kier alpha value is -2.44. The molecule has 1 aliphatic heterocycles. The molecule has 2 heterocycles. The van der Waals surface area contributed by atoms with Crippen LogP contribution in [-0.2, 0) is 6.54 Å². The summed E-state index contributed by atoms with van der Waals surface area (Å²) in [6.45, 7) is -0.726. The topological polar surface area (TPSA) is 47.4 Å². The van der Waals surface area contributed by atoms with E-state index in [1.165, 1.54) is 12.1 Å². The van der Waals surface area contributed by atoms with Crippen molar-refractivity contribution >= 4 is 5.91 Å². The highest BCUT2D eigenvalue weighted by Gasteiger charge is 2.24. The number of carbonyl (C=O) groups is 1. The van der Waals surface area contributed by atoms with Gasteiger partial charge in [0.25, 0.3) is 5.91 Å². The Labute approximate surface area is 138 Å². The normalized spacial score (nSPS) is 15.7. The molecule has 1 saturated heterocycles. The average molecular weight is 335 g/mol. The molecule has 0 bridgehead atoms. The van der Waals surface area contributed by atoms with Gasteiger partial charge in [0.1, 0.15) is 5.75 Å². The van der Waals surface area contributed by atoms with Crippen LogP contribution in [0.3, 0.4) is 0 Å². The molecule has 5 nitrogen and oxygen atoms in total. The van der Waals surface area contributed by atoms with E-state index in [1.54, 1.807) is 23.2 Å². The van der Waals surface area contributed by atoms with Crippen LogP contribution in [0.4, 0.5) is 8.78 Å². The number of ether oxygens (including phenoxy) is 1. The van der Waals surface area contributed by atoms with E-state index >= 15 is 0 Å². The van der Waals surface area contributed by atoms with E-state index in [9.17, 15) is 13.6 Å². The Morgan fingerprint density at radius 1 is 1.29 bits per heavy atom. The number of alkyl halides is 2. The summed E-state index contributed by atoms with van der Waals surface area (Å²) in [4.78, 5) is 14.3. The fourth-order valence-corrected chi connectivity index (χ4v) is 2.98. The quantitative estimate of drug-likeness (QED) is 0.844. The van der Waals surface area contributed by atoms with Crippen molar-refractivity contribution in [1.29, 1.82) is 0 Å². The van der Waals surface area contributed by atoms with E-state index in [0.717, 1.165) is 19.4 Å². The van der Waals surface area contributed by atoms with Crippen molar-refractivity contribution in [3.63, 3.8) is 0 Å². The van der Waals surface area contributed by atoms with Crippen molar-refractivity contribution in [1.82, 2.24) is 14.7 Å². The first-order valence-electron chi connectivity index (χ1n) is 7.93. The van der Waals surface area contributed by atoms with Crippen LogP contribution in [-0.4, -0.2) is 40.3 Å². The van der Waals surface area contributed by atoms with Gasteiger partial charge in [-0.25, -0.2) is 0 Å². The molecule has 0 radical (unpaired) electrons. The summed E-state index contributed by atoms with van der Waals surface area (Å²) in [6.07, 6.45) is 5.50. The van der Waals surface area contributed by atoms with Gasteiger partial charge in [-0.05, 0) is 43.0 Å². The Balaban J connectivity index is 1.57. The zero-order chi connectivity index (χ0) is 16.9. The third-order valence-electron chi connectivity index (χ3n) is 4.21. The number of carbonyl (C=O) groups excluding carboxylic acids is 1. The molecule has 0 N–H and O–H groups in total. The molecular formula is C17H19F2N3O2. The van der Waals surface area contributed by atoms with Gasteiger partial charge in [0.15, 0.2) is 0 Å². The molecule has 1 aromatic heterocycles. The Kier molecular flexibility index (Phi) is 5.08. The van der Waals surface area contributed by atoms with Crippen molar-refractivity contribution in [2.75, 3.05) is 13.1 Å². The van der Waals surface area contributed by atoms with Crippen LogP contribution in [0.25, 0.3) is 0 Å². The highest BCUT2D eigenvalue weighted by atomic mass is 19.3. The smallest absolute Gasteiger partial charge is 0.387 e. The summed E-state index contributed by atoms with van der Waals surface area (Å²) < 4.78 is 30.8. The van der Waals surface area contributed by atoms with Gasteiger partial charge in [-0.1, -0.05) is 6.07 Å². The van der Waals surface area contributed by atoms with Crippen molar-refractivity contribution in [2.45, 2.75) is 26.0 Å². The summed E-state index contributed by atoms with van der Waals surface area (Å²) >= 11 is 0. The predicted octanol–water partition coefficient (Wildman–Crippen LogP) is 3.04. The van der Waals surface area contributed by atoms with Crippen molar-refractivity contribution < 1.29 is 18.3 Å². The van der Waals surface area contributed by atoms with E-state index in [-0.39, 0.29) is 11.7 Å². The van der Waals surface area contributed by atoms with Crippen LogP contribution >= 0.6 is 0 Å². The Morgan fingerprint density at radius 3 is 2.75 bits per heavy atom. The van der Waals surface area contributed by atoms with Gasteiger partial charge in [0.2, 0.25) is 0 Å². The van der Waals surface area contributed by atoms with Gasteiger partial charge >= 0.3 is 6.61 Å². The Bertz CT molecular complexity index is 668. The van der Waals surface area contributed by atoms with E-state index in [1.807, 2.05) is 16.9 Å². The number of aromatic nitrogens is 2. The van der Waals surface area contributed by atoms with Crippen LogP contribution in [0, 0.1) is 5.92 Å². The second-order valence-electron chi connectivity index (χ2n) is 5.87. The fourth-order valence-electron chi connectivity index (χ4n) is 2.98. The second-order valence-corrected chi connectivity index (χ2v) is 5.87. The lowest BCUT2D eigenvalue weighted by atomic mass is 9.96. The average Bonchev–Trinajstić information content (AvgIpc) is 3.07. The van der Waals surface area contributed by atoms with Crippen LogP contribution in [0.2, 0.25) is 0 Å². The molecule has 0 aliphatic carbocycles. The van der Waals surface area contributed by atoms with E-state index in [0.29, 0.717) is 24.6 Å². The van der Waals surface area contributed by atoms with Gasteiger partial charge in [0.05, 0.1) is 0 Å². The second kappa shape index (κ2) is 7.42. The maximum Gasteiger partial charge on any atom is 0.387 e. The fraction of sp³-hybridized carbons (Fsp3) is 0.412. The molecule has 3 rings (SSSR count). The third kappa shape index (κ3) is 4.10. The third-order valence-corrected chi connectivity index (χ3v) is 4.21. The van der Waals surface area contributed by atoms with Crippen molar-refractivity contribution in [2.24, 2.45) is 5.92 Å². The summed E-state index contributed by atoms with van der Waals surface area (Å²) in [6, 6.07) is 7.85. The van der Waals surface area contributed by atoms with Crippen LogP contribution in [0.5, 0.6) is 5.75 Å². The molecule has 0 unspecified atom stereocenters. The van der Waals surface area contributed by atoms with Gasteiger partial charge < -0.3 is 9.64 Å². The molecule has 1 aromatic carbocycles. The maximum absolute atomic E-state index is 12.5. The summed E-state index contributed by atoms with van der Waals surface area (Å²) in [5.41, 5.74) is 0.374. The summed E-state index contributed by atoms with van der Waals surface area (Å²) in [5.74, 6) is 0.346. The molecule has 1 fully saturated rings. The number of benzene rings is 1. The number of hydrogen-bond acceptors (Lipinski definition) is 3. The number of nitrogens with zero attached hydrogens (tertiary/aromatic N) is 3. The molecule has 2 aromatic rings. The minimum Gasteiger partial charge on any atom is -0.435 e. The zero-order valence-corrected chi connectivity index (χ0v) is 13.1. The lowest BCUT2D eigenvalue weighted by molar-refractivity contribution is -0.0499. The zero-order valence-electron chi connectivity index (χ0n) is 13.1. The molecular weight excluding hydrogens is 316 g/mol. The lowest BCUT2D eigenvalue weighted by Gasteiger charge is -2.32. The van der Waals surface area contributed by atoms with Gasteiger partial charge in [0, 0.05) is 37.6 Å². The number of piperidine rings is 1. The van der Waals surface area contributed by atoms with Crippen LogP contribution in [0.15, 0.2) is 42.7 Å². The predicted molar refractivity (Wildman–Crippen MR) is 83.9 cm³/mol. The van der Waals surface area contributed by atoms with E-state index in [2.05, 4.69) is 9.84 Å². The minimum absolute atomic E-state index is 0.00409. The van der Waals surface area contributed by atoms with E-state index in [4.69, 9.17) is 0 Å².